The molecule has 0 fully saturated rings. The number of anilines is 3. The molecule has 0 bridgehead atoms. The Hall–Kier alpha value is -10.2. The van der Waals surface area contributed by atoms with Gasteiger partial charge in [0.15, 0.2) is 0 Å². The summed E-state index contributed by atoms with van der Waals surface area (Å²) in [6.45, 7) is 0. The van der Waals surface area contributed by atoms with E-state index in [0.717, 1.165) is 51.0 Å². The lowest BCUT2D eigenvalue weighted by atomic mass is 9.67. The third-order valence-electron chi connectivity index (χ3n) is 18.0. The number of rotatable bonds is 12. The number of hydrogen-bond acceptors (Lipinski definition) is 4. The highest BCUT2D eigenvalue weighted by molar-refractivity contribution is 5.92. The van der Waals surface area contributed by atoms with Crippen molar-refractivity contribution in [1.82, 2.24) is 0 Å². The van der Waals surface area contributed by atoms with Crippen LogP contribution in [0.5, 0.6) is 17.2 Å². The Balaban J connectivity index is 0.983. The van der Waals surface area contributed by atoms with Gasteiger partial charge in [0.25, 0.3) is 0 Å². The van der Waals surface area contributed by atoms with Crippen LogP contribution >= 0.6 is 0 Å². The van der Waals surface area contributed by atoms with Crippen molar-refractivity contribution in [1.29, 1.82) is 0 Å². The Morgan fingerprint density at radius 3 is 0.646 bits per heavy atom. The molecule has 3 aliphatic rings. The molecule has 0 N–H and O–H groups in total. The van der Waals surface area contributed by atoms with Crippen molar-refractivity contribution in [3.8, 4) is 50.6 Å². The van der Waals surface area contributed by atoms with Crippen molar-refractivity contribution in [3.63, 3.8) is 0 Å². The van der Waals surface area contributed by atoms with Crippen LogP contribution in [0.2, 0.25) is 0 Å². The van der Waals surface area contributed by atoms with E-state index < -0.39 is 16.2 Å². The molecule has 0 spiro atoms. The van der Waals surface area contributed by atoms with Crippen molar-refractivity contribution in [2.75, 3.05) is 26.2 Å². The Labute approximate surface area is 479 Å². The fourth-order valence-electron chi connectivity index (χ4n) is 14.9. The summed E-state index contributed by atoms with van der Waals surface area (Å²) in [6, 6.07) is 106. The van der Waals surface area contributed by atoms with Gasteiger partial charge in [-0.15, -0.1) is 0 Å². The van der Waals surface area contributed by atoms with Gasteiger partial charge in [-0.3, -0.25) is 0 Å². The molecule has 0 radical (unpaired) electrons. The third-order valence-corrected chi connectivity index (χ3v) is 18.0. The monoisotopic (exact) mass is 1060 g/mol. The minimum absolute atomic E-state index is 0.682. The Morgan fingerprint density at radius 1 is 0.220 bits per heavy atom. The van der Waals surface area contributed by atoms with Crippen LogP contribution in [0, 0.1) is 0 Å². The third kappa shape index (κ3) is 6.79. The molecule has 3 aliphatic carbocycles. The number of methoxy groups -OCH3 is 3. The lowest BCUT2D eigenvalue weighted by molar-refractivity contribution is 0.405. The average molecular weight is 1060 g/mol. The van der Waals surface area contributed by atoms with E-state index in [9.17, 15) is 0 Å². The summed E-state index contributed by atoms with van der Waals surface area (Å²) in [4.78, 5) is 2.33. The molecule has 12 aromatic rings. The van der Waals surface area contributed by atoms with Crippen molar-refractivity contribution in [2.45, 2.75) is 16.2 Å². The Morgan fingerprint density at radius 2 is 0.427 bits per heavy atom. The maximum atomic E-state index is 6.74. The van der Waals surface area contributed by atoms with E-state index in [1.54, 1.807) is 21.3 Å². The molecule has 4 heteroatoms. The molecule has 392 valence electrons. The molecule has 0 saturated heterocycles. The van der Waals surface area contributed by atoms with E-state index in [1.165, 1.54) is 83.5 Å². The number of fused-ring (bicyclic) bond motifs is 9. The molecule has 0 unspecified atom stereocenters. The topological polar surface area (TPSA) is 30.9 Å². The zero-order chi connectivity index (χ0) is 55.0. The maximum Gasteiger partial charge on any atom is 0.125 e. The predicted octanol–water partition coefficient (Wildman–Crippen LogP) is 18.3. The Bertz CT molecular complexity index is 3840. The summed E-state index contributed by atoms with van der Waals surface area (Å²) in [5, 5.41) is 0. The number of nitrogens with zero attached hydrogens (tertiary/aromatic N) is 1. The van der Waals surface area contributed by atoms with Crippen LogP contribution in [0.3, 0.4) is 0 Å². The highest BCUT2D eigenvalue weighted by Gasteiger charge is 2.51. The van der Waals surface area contributed by atoms with Crippen LogP contribution in [0.1, 0.15) is 66.8 Å². The van der Waals surface area contributed by atoms with Crippen LogP contribution in [-0.4, -0.2) is 21.3 Å². The SMILES string of the molecule is COc1cc(N(c2ccc(C3(c4ccccc4)c4ccccc4-c4ccccc43)c(OC)c2)c2ccc(C3(c4ccccc4)c4ccccc4-c4ccccc43)c(OC)c2)ccc1C1(c2ccccc2)c2ccccc2-c2ccccc21. The summed E-state index contributed by atoms with van der Waals surface area (Å²) in [5.41, 5.74) is 21.9. The van der Waals surface area contributed by atoms with E-state index in [2.05, 4.69) is 296 Å². The highest BCUT2D eigenvalue weighted by Crippen LogP contribution is 2.62. The van der Waals surface area contributed by atoms with Crippen LogP contribution in [0.4, 0.5) is 17.1 Å². The molecular weight excluding hydrogens is 999 g/mol. The smallest absolute Gasteiger partial charge is 0.125 e. The molecule has 0 saturated carbocycles. The minimum Gasteiger partial charge on any atom is -0.496 e. The van der Waals surface area contributed by atoms with Crippen molar-refractivity contribution in [3.05, 3.63) is 358 Å². The summed E-state index contributed by atoms with van der Waals surface area (Å²) < 4.78 is 20.2. The largest absolute Gasteiger partial charge is 0.496 e. The zero-order valence-electron chi connectivity index (χ0n) is 45.9. The zero-order valence-corrected chi connectivity index (χ0v) is 45.9. The van der Waals surface area contributed by atoms with E-state index >= 15 is 0 Å². The summed E-state index contributed by atoms with van der Waals surface area (Å²) in [7, 11) is 5.40. The van der Waals surface area contributed by atoms with Gasteiger partial charge in [0.05, 0.1) is 37.6 Å². The summed E-state index contributed by atoms with van der Waals surface area (Å²) in [6.07, 6.45) is 0. The number of benzene rings is 12. The molecule has 0 heterocycles. The first-order valence-electron chi connectivity index (χ1n) is 28.2. The van der Waals surface area contributed by atoms with E-state index in [0.29, 0.717) is 0 Å². The lowest BCUT2D eigenvalue weighted by Crippen LogP contribution is -2.30. The Kier molecular flexibility index (Phi) is 11.5. The van der Waals surface area contributed by atoms with Crippen molar-refractivity contribution >= 4 is 17.1 Å². The van der Waals surface area contributed by atoms with Gasteiger partial charge in [-0.05, 0) is 102 Å². The average Bonchev–Trinajstić information content (AvgIpc) is 4.03. The highest BCUT2D eigenvalue weighted by atomic mass is 16.5. The van der Waals surface area contributed by atoms with E-state index in [-0.39, 0.29) is 0 Å². The van der Waals surface area contributed by atoms with Crippen LogP contribution in [0.25, 0.3) is 33.4 Å². The number of ether oxygens (including phenoxy) is 3. The van der Waals surface area contributed by atoms with E-state index in [1.807, 2.05) is 0 Å². The summed E-state index contributed by atoms with van der Waals surface area (Å²) >= 11 is 0. The molecule has 4 nitrogen and oxygen atoms in total. The number of hydrogen-bond donors (Lipinski definition) is 0. The van der Waals surface area contributed by atoms with Crippen molar-refractivity contribution < 1.29 is 14.2 Å². The second kappa shape index (κ2) is 19.3. The van der Waals surface area contributed by atoms with Gasteiger partial charge in [0, 0.05) is 52.0 Å². The van der Waals surface area contributed by atoms with Crippen molar-refractivity contribution in [2.24, 2.45) is 0 Å². The first-order chi connectivity index (χ1) is 40.6. The van der Waals surface area contributed by atoms with Gasteiger partial charge in [-0.2, -0.15) is 0 Å². The molecular formula is C78H57NO3. The van der Waals surface area contributed by atoms with Crippen LogP contribution < -0.4 is 19.1 Å². The second-order valence-corrected chi connectivity index (χ2v) is 21.6. The first kappa shape index (κ1) is 48.9. The predicted molar refractivity (Wildman–Crippen MR) is 333 cm³/mol. The normalized spacial score (nSPS) is 14.1. The molecule has 12 aromatic carbocycles. The fraction of sp³-hybridized carbons (Fsp3) is 0.0769. The van der Waals surface area contributed by atoms with Crippen LogP contribution in [-0.2, 0) is 16.2 Å². The standard InChI is InChI=1S/C78H57NO3/c1-80-73-49-55(43-46-70(73)76(52-25-7-4-8-26-52)64-37-19-13-31-58(64)59-32-14-20-38-65(59)76)79(56-44-47-71(74(50-56)81-2)77(53-27-9-5-10-28-53)66-39-21-15-33-60(66)61-34-16-22-40-67(61)77)57-45-48-72(75(51-57)82-3)78(54-29-11-6-12-30-54)68-41-23-17-35-62(68)63-36-18-24-42-69(63)78/h4-51H,1-3H3. The first-order valence-corrected chi connectivity index (χ1v) is 28.2. The molecule has 0 aliphatic heterocycles. The molecule has 15 rings (SSSR count). The quantitative estimate of drug-likeness (QED) is 0.122. The molecule has 0 atom stereocenters. The second-order valence-electron chi connectivity index (χ2n) is 21.6. The van der Waals surface area contributed by atoms with Gasteiger partial charge in [0.2, 0.25) is 0 Å². The van der Waals surface area contributed by atoms with Gasteiger partial charge in [-0.25, -0.2) is 0 Å². The molecule has 0 amide bonds. The van der Waals surface area contributed by atoms with Gasteiger partial charge in [0.1, 0.15) is 17.2 Å². The maximum absolute atomic E-state index is 6.74. The van der Waals surface area contributed by atoms with Gasteiger partial charge < -0.3 is 19.1 Å². The minimum atomic E-state index is -0.682. The molecule has 82 heavy (non-hydrogen) atoms. The van der Waals surface area contributed by atoms with Gasteiger partial charge in [-0.1, -0.05) is 255 Å². The van der Waals surface area contributed by atoms with E-state index in [4.69, 9.17) is 14.2 Å². The lowest BCUT2D eigenvalue weighted by Gasteiger charge is -2.37. The summed E-state index contributed by atoms with van der Waals surface area (Å²) in [5.74, 6) is 2.28. The van der Waals surface area contributed by atoms with Crippen LogP contribution in [0.15, 0.2) is 291 Å². The van der Waals surface area contributed by atoms with Gasteiger partial charge >= 0.3 is 0 Å². The fourth-order valence-corrected chi connectivity index (χ4v) is 14.9. The molecule has 0 aromatic heterocycles.